The van der Waals surface area contributed by atoms with Gasteiger partial charge >= 0.3 is 0 Å². The van der Waals surface area contributed by atoms with Gasteiger partial charge < -0.3 is 9.88 Å². The number of thioether (sulfide) groups is 1. The maximum absolute atomic E-state index is 11.3. The molecular weight excluding hydrogens is 224 g/mol. The summed E-state index contributed by atoms with van der Waals surface area (Å²) in [7, 11) is 0. The lowest BCUT2D eigenvalue weighted by atomic mass is 10.6. The molecule has 1 rings (SSSR count). The Morgan fingerprint density at radius 3 is 3.31 bits per heavy atom. The lowest BCUT2D eigenvalue weighted by molar-refractivity contribution is -0.118. The Kier molecular flexibility index (Phi) is 5.16. The maximum atomic E-state index is 11.3. The van der Waals surface area contributed by atoms with Crippen LogP contribution in [0.1, 0.15) is 0 Å². The summed E-state index contributed by atoms with van der Waals surface area (Å²) in [4.78, 5) is 11.3. The molecule has 1 heterocycles. The molecule has 1 N–H and O–H groups in total. The van der Waals surface area contributed by atoms with Crippen LogP contribution in [0.25, 0.3) is 0 Å². The standard InChI is InChI=1S/C10H12N4OS/c1-3-5-11-9(15)7-16-10-13-12-8-14(10)6-4-2/h1,4,8H,2,5-7H2,(H,11,15). The Bertz CT molecular complexity index is 407. The second-order valence-corrected chi connectivity index (χ2v) is 3.77. The van der Waals surface area contributed by atoms with Gasteiger partial charge in [0.25, 0.3) is 0 Å². The highest BCUT2D eigenvalue weighted by atomic mass is 32.2. The highest BCUT2D eigenvalue weighted by Crippen LogP contribution is 2.13. The fourth-order valence-corrected chi connectivity index (χ4v) is 1.71. The van der Waals surface area contributed by atoms with Crippen molar-refractivity contribution in [2.45, 2.75) is 11.7 Å². The lowest BCUT2D eigenvalue weighted by Gasteiger charge is -2.02. The van der Waals surface area contributed by atoms with Crippen LogP contribution < -0.4 is 5.32 Å². The van der Waals surface area contributed by atoms with Crippen molar-refractivity contribution in [2.75, 3.05) is 12.3 Å². The van der Waals surface area contributed by atoms with Gasteiger partial charge in [-0.3, -0.25) is 4.79 Å². The smallest absolute Gasteiger partial charge is 0.231 e. The van der Waals surface area contributed by atoms with E-state index in [1.54, 1.807) is 12.4 Å². The van der Waals surface area contributed by atoms with Gasteiger partial charge in [0.1, 0.15) is 6.33 Å². The Labute approximate surface area is 98.3 Å². The van der Waals surface area contributed by atoms with Gasteiger partial charge in [-0.05, 0) is 0 Å². The summed E-state index contributed by atoms with van der Waals surface area (Å²) >= 11 is 1.31. The summed E-state index contributed by atoms with van der Waals surface area (Å²) in [5.41, 5.74) is 0. The molecule has 0 unspecified atom stereocenters. The molecule has 1 aromatic rings. The third-order valence-electron chi connectivity index (χ3n) is 1.63. The molecule has 0 radical (unpaired) electrons. The second kappa shape index (κ2) is 6.69. The summed E-state index contributed by atoms with van der Waals surface area (Å²) in [6, 6.07) is 0. The van der Waals surface area contributed by atoms with Crippen molar-refractivity contribution in [1.82, 2.24) is 20.1 Å². The topological polar surface area (TPSA) is 59.8 Å². The molecule has 0 aliphatic rings. The van der Waals surface area contributed by atoms with E-state index >= 15 is 0 Å². The Morgan fingerprint density at radius 2 is 2.62 bits per heavy atom. The molecule has 0 bridgehead atoms. The number of terminal acetylenes is 1. The molecule has 0 aromatic carbocycles. The summed E-state index contributed by atoms with van der Waals surface area (Å²) < 4.78 is 1.81. The maximum Gasteiger partial charge on any atom is 0.231 e. The third-order valence-corrected chi connectivity index (χ3v) is 2.61. The average molecular weight is 236 g/mol. The average Bonchev–Trinajstić information content (AvgIpc) is 2.72. The minimum atomic E-state index is -0.115. The molecule has 5 nitrogen and oxygen atoms in total. The number of nitrogens with zero attached hydrogens (tertiary/aromatic N) is 3. The molecule has 16 heavy (non-hydrogen) atoms. The molecular formula is C10H12N4OS. The molecule has 0 saturated heterocycles. The van der Waals surface area contributed by atoms with Crippen molar-refractivity contribution in [1.29, 1.82) is 0 Å². The molecule has 0 aliphatic carbocycles. The fourth-order valence-electron chi connectivity index (χ4n) is 0.951. The van der Waals surface area contributed by atoms with Crippen molar-refractivity contribution in [3.05, 3.63) is 19.0 Å². The molecule has 1 amide bonds. The number of carbonyl (C=O) groups is 1. The van der Waals surface area contributed by atoms with Gasteiger partial charge in [-0.25, -0.2) is 0 Å². The van der Waals surface area contributed by atoms with E-state index in [-0.39, 0.29) is 18.2 Å². The highest BCUT2D eigenvalue weighted by molar-refractivity contribution is 7.99. The molecule has 84 valence electrons. The third kappa shape index (κ3) is 3.79. The van der Waals surface area contributed by atoms with Gasteiger partial charge in [-0.2, -0.15) is 0 Å². The van der Waals surface area contributed by atoms with E-state index in [1.165, 1.54) is 11.8 Å². The number of hydrogen-bond acceptors (Lipinski definition) is 4. The van der Waals surface area contributed by atoms with Crippen LogP contribution in [0, 0.1) is 12.3 Å². The minimum absolute atomic E-state index is 0.115. The molecule has 0 saturated carbocycles. The Morgan fingerprint density at radius 1 is 1.81 bits per heavy atom. The van der Waals surface area contributed by atoms with E-state index < -0.39 is 0 Å². The Hall–Kier alpha value is -1.74. The van der Waals surface area contributed by atoms with Crippen LogP contribution in [0.3, 0.4) is 0 Å². The van der Waals surface area contributed by atoms with Gasteiger partial charge in [0.15, 0.2) is 5.16 Å². The second-order valence-electron chi connectivity index (χ2n) is 2.82. The predicted molar refractivity (Wildman–Crippen MR) is 62.8 cm³/mol. The van der Waals surface area contributed by atoms with E-state index in [1.807, 2.05) is 4.57 Å². The summed E-state index contributed by atoms with van der Waals surface area (Å²) in [6.07, 6.45) is 8.36. The van der Waals surface area contributed by atoms with Crippen LogP contribution in [0.5, 0.6) is 0 Å². The monoisotopic (exact) mass is 236 g/mol. The van der Waals surface area contributed by atoms with E-state index in [0.29, 0.717) is 11.7 Å². The first-order valence-electron chi connectivity index (χ1n) is 4.59. The SMILES string of the molecule is C#CCNC(=O)CSc1nncn1CC=C. The number of carbonyl (C=O) groups excluding carboxylic acids is 1. The van der Waals surface area contributed by atoms with E-state index in [0.717, 1.165) is 0 Å². The predicted octanol–water partition coefficient (Wildman–Crippen LogP) is 0.306. The zero-order valence-electron chi connectivity index (χ0n) is 8.72. The van der Waals surface area contributed by atoms with Gasteiger partial charge in [-0.1, -0.05) is 23.8 Å². The van der Waals surface area contributed by atoms with E-state index in [2.05, 4.69) is 28.0 Å². The van der Waals surface area contributed by atoms with Crippen molar-refractivity contribution in [2.24, 2.45) is 0 Å². The first kappa shape index (κ1) is 12.3. The van der Waals surface area contributed by atoms with Crippen molar-refractivity contribution >= 4 is 17.7 Å². The fraction of sp³-hybridized carbons (Fsp3) is 0.300. The zero-order valence-corrected chi connectivity index (χ0v) is 9.54. The number of allylic oxidation sites excluding steroid dienone is 1. The largest absolute Gasteiger partial charge is 0.344 e. The van der Waals surface area contributed by atoms with Gasteiger partial charge in [-0.15, -0.1) is 23.2 Å². The molecule has 0 spiro atoms. The van der Waals surface area contributed by atoms with E-state index in [9.17, 15) is 4.79 Å². The van der Waals surface area contributed by atoms with Crippen LogP contribution in [0.15, 0.2) is 24.1 Å². The molecule has 1 aromatic heterocycles. The lowest BCUT2D eigenvalue weighted by Crippen LogP contribution is -2.25. The first-order valence-corrected chi connectivity index (χ1v) is 5.58. The number of rotatable bonds is 6. The van der Waals surface area contributed by atoms with E-state index in [4.69, 9.17) is 6.42 Å². The summed E-state index contributed by atoms with van der Waals surface area (Å²) in [6.45, 7) is 4.50. The number of aromatic nitrogens is 3. The quantitative estimate of drug-likeness (QED) is 0.438. The van der Waals surface area contributed by atoms with Gasteiger partial charge in [0.2, 0.25) is 5.91 Å². The molecule has 6 heteroatoms. The van der Waals surface area contributed by atoms with Crippen LogP contribution >= 0.6 is 11.8 Å². The summed E-state index contributed by atoms with van der Waals surface area (Å²) in [5, 5.41) is 10.9. The van der Waals surface area contributed by atoms with Crippen LogP contribution in [-0.2, 0) is 11.3 Å². The van der Waals surface area contributed by atoms with Gasteiger partial charge in [0, 0.05) is 6.54 Å². The van der Waals surface area contributed by atoms with Crippen LogP contribution in [0.4, 0.5) is 0 Å². The Balaban J connectivity index is 2.42. The zero-order chi connectivity index (χ0) is 11.8. The molecule has 0 atom stereocenters. The van der Waals surface area contributed by atoms with Crippen LogP contribution in [0.2, 0.25) is 0 Å². The highest BCUT2D eigenvalue weighted by Gasteiger charge is 2.06. The minimum Gasteiger partial charge on any atom is -0.344 e. The first-order chi connectivity index (χ1) is 7.77. The van der Waals surface area contributed by atoms with Gasteiger partial charge in [0.05, 0.1) is 12.3 Å². The van der Waals surface area contributed by atoms with Crippen molar-refractivity contribution in [3.8, 4) is 12.3 Å². The number of amides is 1. The molecule has 0 aliphatic heterocycles. The van der Waals surface area contributed by atoms with Crippen molar-refractivity contribution in [3.63, 3.8) is 0 Å². The van der Waals surface area contributed by atoms with Crippen LogP contribution in [-0.4, -0.2) is 33.0 Å². The normalized spacial score (nSPS) is 9.44. The molecule has 0 fully saturated rings. The van der Waals surface area contributed by atoms with Crippen molar-refractivity contribution < 1.29 is 4.79 Å². The number of nitrogens with one attached hydrogen (secondary N) is 1. The number of hydrogen-bond donors (Lipinski definition) is 1. The summed E-state index contributed by atoms with van der Waals surface area (Å²) in [5.74, 6) is 2.50.